The van der Waals surface area contributed by atoms with Crippen LogP contribution in [0.3, 0.4) is 0 Å². The van der Waals surface area contributed by atoms with E-state index in [0.29, 0.717) is 31.4 Å². The standard InChI is InChI=1S/C13H22N4O3.HI/c1-14-13(16-6-4-9-19-2)17-8-7-15-12(18)11-5-3-10-20-11;/h3,5,10H,4,6-9H2,1-2H3,(H,15,18)(H2,14,16,17);1H. The van der Waals surface area contributed by atoms with Gasteiger partial charge in [0.05, 0.1) is 6.26 Å². The fourth-order valence-electron chi connectivity index (χ4n) is 1.50. The third kappa shape index (κ3) is 8.56. The second-order valence-electron chi connectivity index (χ2n) is 4.01. The first kappa shape index (κ1) is 19.7. The molecular formula is C13H23IN4O3. The van der Waals surface area contributed by atoms with Gasteiger partial charge in [-0.25, -0.2) is 0 Å². The maximum absolute atomic E-state index is 11.6. The molecule has 0 fully saturated rings. The lowest BCUT2D eigenvalue weighted by molar-refractivity contribution is 0.0926. The molecule has 1 rings (SSSR count). The summed E-state index contributed by atoms with van der Waals surface area (Å²) in [6, 6.07) is 3.30. The minimum Gasteiger partial charge on any atom is -0.459 e. The van der Waals surface area contributed by atoms with Gasteiger partial charge in [-0.05, 0) is 18.6 Å². The van der Waals surface area contributed by atoms with E-state index in [4.69, 9.17) is 9.15 Å². The van der Waals surface area contributed by atoms with Gasteiger partial charge in [0, 0.05) is 40.4 Å². The maximum atomic E-state index is 11.6. The van der Waals surface area contributed by atoms with E-state index in [9.17, 15) is 4.79 Å². The largest absolute Gasteiger partial charge is 0.459 e. The Kier molecular flexibility index (Phi) is 11.7. The zero-order valence-electron chi connectivity index (χ0n) is 12.3. The number of aliphatic imine (C=N–C) groups is 1. The van der Waals surface area contributed by atoms with Crippen molar-refractivity contribution in [2.75, 3.05) is 40.4 Å². The van der Waals surface area contributed by atoms with Crippen molar-refractivity contribution in [3.05, 3.63) is 24.2 Å². The summed E-state index contributed by atoms with van der Waals surface area (Å²) >= 11 is 0. The molecule has 0 aliphatic rings. The smallest absolute Gasteiger partial charge is 0.287 e. The van der Waals surface area contributed by atoms with Crippen LogP contribution in [0.2, 0.25) is 0 Å². The Morgan fingerprint density at radius 1 is 1.29 bits per heavy atom. The number of hydrogen-bond donors (Lipinski definition) is 3. The lowest BCUT2D eigenvalue weighted by Crippen LogP contribution is -2.41. The van der Waals surface area contributed by atoms with E-state index in [2.05, 4.69) is 20.9 Å². The summed E-state index contributed by atoms with van der Waals surface area (Å²) in [4.78, 5) is 15.6. The highest BCUT2D eigenvalue weighted by Gasteiger charge is 2.06. The molecule has 1 aromatic heterocycles. The molecular weight excluding hydrogens is 387 g/mol. The van der Waals surface area contributed by atoms with Crippen LogP contribution in [0.5, 0.6) is 0 Å². The number of carbonyl (C=O) groups excluding carboxylic acids is 1. The molecule has 0 aliphatic carbocycles. The first-order valence-corrected chi connectivity index (χ1v) is 6.53. The van der Waals surface area contributed by atoms with Crippen molar-refractivity contribution >= 4 is 35.8 Å². The molecule has 0 spiro atoms. The van der Waals surface area contributed by atoms with E-state index in [1.807, 2.05) is 0 Å². The molecule has 0 radical (unpaired) electrons. The van der Waals surface area contributed by atoms with Crippen molar-refractivity contribution in [3.63, 3.8) is 0 Å². The number of nitrogens with zero attached hydrogens (tertiary/aromatic N) is 1. The van der Waals surface area contributed by atoms with Crippen molar-refractivity contribution < 1.29 is 13.9 Å². The van der Waals surface area contributed by atoms with Gasteiger partial charge in [0.15, 0.2) is 11.7 Å². The molecule has 1 amide bonds. The van der Waals surface area contributed by atoms with Crippen LogP contribution in [0.1, 0.15) is 17.0 Å². The first-order valence-electron chi connectivity index (χ1n) is 6.53. The average molecular weight is 410 g/mol. The van der Waals surface area contributed by atoms with Gasteiger partial charge < -0.3 is 25.1 Å². The third-order valence-electron chi connectivity index (χ3n) is 2.49. The van der Waals surface area contributed by atoms with Crippen molar-refractivity contribution in [3.8, 4) is 0 Å². The number of ether oxygens (including phenoxy) is 1. The van der Waals surface area contributed by atoms with E-state index in [1.54, 1.807) is 26.3 Å². The van der Waals surface area contributed by atoms with Gasteiger partial charge in [-0.1, -0.05) is 0 Å². The molecule has 120 valence electrons. The fraction of sp³-hybridized carbons (Fsp3) is 0.538. The van der Waals surface area contributed by atoms with Gasteiger partial charge >= 0.3 is 0 Å². The van der Waals surface area contributed by atoms with E-state index < -0.39 is 0 Å². The number of amides is 1. The molecule has 0 aliphatic heterocycles. The maximum Gasteiger partial charge on any atom is 0.287 e. The summed E-state index contributed by atoms with van der Waals surface area (Å²) in [5, 5.41) is 8.99. The van der Waals surface area contributed by atoms with Gasteiger partial charge in [0.1, 0.15) is 0 Å². The summed E-state index contributed by atoms with van der Waals surface area (Å²) in [6.45, 7) is 2.56. The van der Waals surface area contributed by atoms with Crippen LogP contribution in [0.15, 0.2) is 27.8 Å². The quantitative estimate of drug-likeness (QED) is 0.256. The Morgan fingerprint density at radius 2 is 2.00 bits per heavy atom. The SMILES string of the molecule is CN=C(NCCCOC)NCCNC(=O)c1ccco1.I. The van der Waals surface area contributed by atoms with Crippen LogP contribution in [0.25, 0.3) is 0 Å². The molecule has 0 bridgehead atoms. The van der Waals surface area contributed by atoms with Crippen molar-refractivity contribution in [1.82, 2.24) is 16.0 Å². The Balaban J connectivity index is 0.00000400. The Hall–Kier alpha value is -1.29. The van der Waals surface area contributed by atoms with Crippen LogP contribution in [0.4, 0.5) is 0 Å². The number of nitrogens with one attached hydrogen (secondary N) is 3. The van der Waals surface area contributed by atoms with E-state index >= 15 is 0 Å². The highest BCUT2D eigenvalue weighted by atomic mass is 127. The van der Waals surface area contributed by atoms with Crippen molar-refractivity contribution in [2.24, 2.45) is 4.99 Å². The number of hydrogen-bond acceptors (Lipinski definition) is 4. The topological polar surface area (TPSA) is 87.9 Å². The van der Waals surface area contributed by atoms with Gasteiger partial charge in [-0.15, -0.1) is 24.0 Å². The molecule has 0 atom stereocenters. The number of carbonyl (C=O) groups is 1. The molecule has 21 heavy (non-hydrogen) atoms. The summed E-state index contributed by atoms with van der Waals surface area (Å²) in [5.41, 5.74) is 0. The Bertz CT molecular complexity index is 410. The minimum atomic E-state index is -0.222. The van der Waals surface area contributed by atoms with Crippen molar-refractivity contribution in [2.45, 2.75) is 6.42 Å². The van der Waals surface area contributed by atoms with E-state index in [1.165, 1.54) is 6.26 Å². The predicted molar refractivity (Wildman–Crippen MR) is 92.3 cm³/mol. The number of methoxy groups -OCH3 is 1. The molecule has 7 nitrogen and oxygen atoms in total. The van der Waals surface area contributed by atoms with Crippen LogP contribution >= 0.6 is 24.0 Å². The van der Waals surface area contributed by atoms with E-state index in [-0.39, 0.29) is 29.9 Å². The van der Waals surface area contributed by atoms with Gasteiger partial charge in [0.2, 0.25) is 0 Å². The van der Waals surface area contributed by atoms with Gasteiger partial charge in [-0.2, -0.15) is 0 Å². The first-order chi connectivity index (χ1) is 9.77. The highest BCUT2D eigenvalue weighted by Crippen LogP contribution is 1.98. The summed E-state index contributed by atoms with van der Waals surface area (Å²) < 4.78 is 9.95. The summed E-state index contributed by atoms with van der Waals surface area (Å²) in [5.74, 6) is 0.792. The van der Waals surface area contributed by atoms with Crippen molar-refractivity contribution in [1.29, 1.82) is 0 Å². The van der Waals surface area contributed by atoms with Crippen LogP contribution in [0, 0.1) is 0 Å². The number of guanidine groups is 1. The number of halogens is 1. The zero-order valence-corrected chi connectivity index (χ0v) is 14.7. The molecule has 8 heteroatoms. The fourth-order valence-corrected chi connectivity index (χ4v) is 1.50. The molecule has 1 aromatic rings. The van der Waals surface area contributed by atoms with Crippen LogP contribution in [-0.2, 0) is 4.74 Å². The van der Waals surface area contributed by atoms with Gasteiger partial charge in [0.25, 0.3) is 5.91 Å². The monoisotopic (exact) mass is 410 g/mol. The average Bonchev–Trinajstić information content (AvgIpc) is 2.99. The van der Waals surface area contributed by atoms with Gasteiger partial charge in [-0.3, -0.25) is 9.79 Å². The van der Waals surface area contributed by atoms with Crippen LogP contribution in [-0.4, -0.2) is 52.3 Å². The minimum absolute atomic E-state index is 0. The Labute approximate surface area is 141 Å². The highest BCUT2D eigenvalue weighted by molar-refractivity contribution is 14.0. The second kappa shape index (κ2) is 12.5. The predicted octanol–water partition coefficient (Wildman–Crippen LogP) is 0.829. The van der Waals surface area contributed by atoms with E-state index in [0.717, 1.165) is 13.0 Å². The lowest BCUT2D eigenvalue weighted by Gasteiger charge is -2.11. The zero-order chi connectivity index (χ0) is 14.6. The normalized spacial score (nSPS) is 10.7. The molecule has 0 saturated carbocycles. The molecule has 1 heterocycles. The number of furan rings is 1. The molecule has 0 unspecified atom stereocenters. The molecule has 3 N–H and O–H groups in total. The Morgan fingerprint density at radius 3 is 2.62 bits per heavy atom. The third-order valence-corrected chi connectivity index (χ3v) is 2.49. The van der Waals surface area contributed by atoms with Crippen LogP contribution < -0.4 is 16.0 Å². The number of rotatable bonds is 8. The molecule has 0 saturated heterocycles. The lowest BCUT2D eigenvalue weighted by atomic mass is 10.4. The second-order valence-corrected chi connectivity index (χ2v) is 4.01. The summed E-state index contributed by atoms with van der Waals surface area (Å²) in [7, 11) is 3.38. The summed E-state index contributed by atoms with van der Waals surface area (Å²) in [6.07, 6.45) is 2.38. The molecule has 0 aromatic carbocycles.